The zero-order valence-corrected chi connectivity index (χ0v) is 48.0. The maximum absolute atomic E-state index is 12.9. The van der Waals surface area contributed by atoms with Crippen molar-refractivity contribution in [3.05, 3.63) is 146 Å². The van der Waals surface area contributed by atoms with Gasteiger partial charge in [-0.25, -0.2) is 4.57 Å². The molecule has 3 unspecified atom stereocenters. The van der Waals surface area contributed by atoms with Crippen LogP contribution in [0.1, 0.15) is 201 Å². The van der Waals surface area contributed by atoms with Gasteiger partial charge in [-0.3, -0.25) is 23.4 Å². The number of unbranched alkanes of at least 4 members (excludes halogenated alkanes) is 10. The van der Waals surface area contributed by atoms with Crippen LogP contribution in [0.4, 0.5) is 0 Å². The standard InChI is InChI=1S/C64H101O11P/c1-4-7-10-13-16-19-22-25-28-30-33-35-38-41-44-47-50-53-62(66)71-57-61(75-64(68)55-52-49-46-43-40-37-34-31-29-26-23-20-17-14-11-8-5-2)59-73-76(69,70)72-58-60(56-65)74-63(67)54-51-48-45-42-39-36-32-27-24-21-18-15-12-9-6-3/h7-12,16-21,25-29,32-35,37,41,44,60-61,65H,4-6,13-15,22-24,30-31,36,38-40,42-43,45-59H2,1-3H3,(H,69,70)/b10-7-,11-8-,12-9-,19-16-,20-17-,21-18-,28-25-,29-26-,32-27-,35-33-,37-34-,44-41-. The van der Waals surface area contributed by atoms with Gasteiger partial charge in [0.25, 0.3) is 0 Å². The van der Waals surface area contributed by atoms with Gasteiger partial charge in [0.1, 0.15) is 12.7 Å². The zero-order valence-electron chi connectivity index (χ0n) is 47.2. The van der Waals surface area contributed by atoms with Crippen LogP contribution < -0.4 is 0 Å². The van der Waals surface area contributed by atoms with Gasteiger partial charge in [-0.1, -0.05) is 199 Å². The number of esters is 3. The summed E-state index contributed by atoms with van der Waals surface area (Å²) >= 11 is 0. The van der Waals surface area contributed by atoms with Crippen molar-refractivity contribution < 1.29 is 52.2 Å². The largest absolute Gasteiger partial charge is 0.472 e. The van der Waals surface area contributed by atoms with Crippen molar-refractivity contribution in [2.45, 2.75) is 213 Å². The van der Waals surface area contributed by atoms with Crippen LogP contribution in [-0.2, 0) is 42.2 Å². The summed E-state index contributed by atoms with van der Waals surface area (Å²) in [6.45, 7) is 4.17. The Morgan fingerprint density at radius 1 is 0.368 bits per heavy atom. The molecule has 0 saturated carbocycles. The van der Waals surface area contributed by atoms with E-state index in [1.807, 2.05) is 6.08 Å². The molecule has 0 radical (unpaired) electrons. The van der Waals surface area contributed by atoms with Crippen LogP contribution in [0.3, 0.4) is 0 Å². The van der Waals surface area contributed by atoms with E-state index in [1.54, 1.807) is 0 Å². The van der Waals surface area contributed by atoms with Crippen molar-refractivity contribution in [2.75, 3.05) is 26.4 Å². The van der Waals surface area contributed by atoms with Gasteiger partial charge in [0.2, 0.25) is 0 Å². The molecule has 2 N–H and O–H groups in total. The molecule has 0 aliphatic carbocycles. The molecule has 12 heteroatoms. The van der Waals surface area contributed by atoms with Crippen molar-refractivity contribution in [1.29, 1.82) is 0 Å². The minimum atomic E-state index is -4.78. The Bertz CT molecular complexity index is 1830. The van der Waals surface area contributed by atoms with Crippen LogP contribution in [-0.4, -0.2) is 66.5 Å². The predicted molar refractivity (Wildman–Crippen MR) is 316 cm³/mol. The van der Waals surface area contributed by atoms with Gasteiger partial charge in [-0.2, -0.15) is 0 Å². The van der Waals surface area contributed by atoms with Crippen LogP contribution in [0.15, 0.2) is 146 Å². The lowest BCUT2D eigenvalue weighted by atomic mass is 10.1. The highest BCUT2D eigenvalue weighted by Gasteiger charge is 2.28. The molecule has 11 nitrogen and oxygen atoms in total. The third-order valence-corrected chi connectivity index (χ3v) is 12.2. The Morgan fingerprint density at radius 3 is 1.03 bits per heavy atom. The van der Waals surface area contributed by atoms with Crippen molar-refractivity contribution >= 4 is 25.7 Å². The monoisotopic (exact) mass is 1080 g/mol. The Labute approximate surface area is 461 Å². The van der Waals surface area contributed by atoms with E-state index in [9.17, 15) is 28.9 Å². The first-order chi connectivity index (χ1) is 37.2. The van der Waals surface area contributed by atoms with E-state index in [0.29, 0.717) is 25.7 Å². The maximum atomic E-state index is 12.9. The van der Waals surface area contributed by atoms with E-state index in [2.05, 4.69) is 161 Å². The fourth-order valence-corrected chi connectivity index (χ4v) is 7.77. The highest BCUT2D eigenvalue weighted by molar-refractivity contribution is 7.47. The lowest BCUT2D eigenvalue weighted by Gasteiger charge is -2.21. The van der Waals surface area contributed by atoms with Crippen molar-refractivity contribution in [3.63, 3.8) is 0 Å². The van der Waals surface area contributed by atoms with Crippen LogP contribution in [0.25, 0.3) is 0 Å². The highest BCUT2D eigenvalue weighted by atomic mass is 31.2. The van der Waals surface area contributed by atoms with Crippen LogP contribution >= 0.6 is 7.82 Å². The van der Waals surface area contributed by atoms with Crippen molar-refractivity contribution in [1.82, 2.24) is 0 Å². The van der Waals surface area contributed by atoms with Gasteiger partial charge in [0, 0.05) is 19.3 Å². The summed E-state index contributed by atoms with van der Waals surface area (Å²) in [5.41, 5.74) is 0. The molecule has 0 rings (SSSR count). The summed E-state index contributed by atoms with van der Waals surface area (Å²) in [4.78, 5) is 48.6. The molecule has 0 aromatic heterocycles. The minimum Gasteiger partial charge on any atom is -0.462 e. The highest BCUT2D eigenvalue weighted by Crippen LogP contribution is 2.43. The second-order valence-electron chi connectivity index (χ2n) is 18.3. The number of aliphatic hydroxyl groups is 1. The molecule has 0 bridgehead atoms. The van der Waals surface area contributed by atoms with E-state index in [0.717, 1.165) is 135 Å². The SMILES string of the molecule is CC/C=C\C/C=C\C/C=C\C/C=C\C/C=C\CCCC(=O)OCC(COP(=O)(O)OCC(CO)OC(=O)CCCCCCC/C=C\C/C=C\C/C=C\CC)OC(=O)CCCCCC/C=C\C/C=C\C/C=C\C/C=C\CC. The molecule has 428 valence electrons. The van der Waals surface area contributed by atoms with E-state index in [4.69, 9.17) is 23.3 Å². The summed E-state index contributed by atoms with van der Waals surface area (Å²) in [7, 11) is -4.78. The molecule has 0 aromatic carbocycles. The minimum absolute atomic E-state index is 0.117. The van der Waals surface area contributed by atoms with E-state index in [1.165, 1.54) is 0 Å². The van der Waals surface area contributed by atoms with Crippen LogP contribution in [0.2, 0.25) is 0 Å². The topological polar surface area (TPSA) is 155 Å². The first-order valence-corrected chi connectivity index (χ1v) is 30.2. The molecule has 0 saturated heterocycles. The molecule has 0 spiro atoms. The van der Waals surface area contributed by atoms with Gasteiger partial charge in [-0.05, 0) is 128 Å². The number of aliphatic hydroxyl groups excluding tert-OH is 1. The summed E-state index contributed by atoms with van der Waals surface area (Å²) in [6, 6.07) is 0. The fourth-order valence-electron chi connectivity index (χ4n) is 6.98. The number of phosphoric ester groups is 1. The number of allylic oxidation sites excluding steroid dienone is 24. The van der Waals surface area contributed by atoms with Gasteiger partial charge in [0.05, 0.1) is 19.8 Å². The van der Waals surface area contributed by atoms with E-state index < -0.39 is 57.8 Å². The maximum Gasteiger partial charge on any atom is 0.472 e. The average Bonchev–Trinajstić information content (AvgIpc) is 3.41. The summed E-state index contributed by atoms with van der Waals surface area (Å²) in [6.07, 6.45) is 72.4. The number of phosphoric acid groups is 1. The molecule has 76 heavy (non-hydrogen) atoms. The molecule has 3 atom stereocenters. The smallest absolute Gasteiger partial charge is 0.462 e. The number of hydrogen-bond donors (Lipinski definition) is 2. The number of carbonyl (C=O) groups excluding carboxylic acids is 3. The van der Waals surface area contributed by atoms with Crippen molar-refractivity contribution in [3.8, 4) is 0 Å². The molecular formula is C64H101O11P. The molecule has 0 aromatic rings. The Hall–Kier alpha value is -4.64. The molecule has 0 aliphatic heterocycles. The van der Waals surface area contributed by atoms with Gasteiger partial charge < -0.3 is 24.2 Å². The average molecular weight is 1080 g/mol. The zero-order chi connectivity index (χ0) is 55.5. The number of ether oxygens (including phenoxy) is 3. The summed E-state index contributed by atoms with van der Waals surface area (Å²) < 4.78 is 39.4. The summed E-state index contributed by atoms with van der Waals surface area (Å²) in [5, 5.41) is 9.82. The van der Waals surface area contributed by atoms with E-state index in [-0.39, 0.29) is 25.9 Å². The normalized spacial score (nSPS) is 14.4. The summed E-state index contributed by atoms with van der Waals surface area (Å²) in [5.74, 6) is -1.60. The van der Waals surface area contributed by atoms with Crippen LogP contribution in [0.5, 0.6) is 0 Å². The quantitative estimate of drug-likeness (QED) is 0.0197. The number of carbonyl (C=O) groups is 3. The first-order valence-electron chi connectivity index (χ1n) is 28.7. The lowest BCUT2D eigenvalue weighted by Crippen LogP contribution is -2.30. The third kappa shape index (κ3) is 54.2. The molecule has 0 fully saturated rings. The first kappa shape index (κ1) is 71.4. The Kier molecular flexibility index (Phi) is 53.1. The van der Waals surface area contributed by atoms with E-state index >= 15 is 0 Å². The van der Waals surface area contributed by atoms with Gasteiger partial charge in [-0.15, -0.1) is 0 Å². The molecular weight excluding hydrogens is 976 g/mol. The molecule has 0 heterocycles. The Balaban J connectivity index is 4.89. The van der Waals surface area contributed by atoms with Gasteiger partial charge >= 0.3 is 25.7 Å². The Morgan fingerprint density at radius 2 is 0.658 bits per heavy atom. The molecule has 0 amide bonds. The van der Waals surface area contributed by atoms with Crippen molar-refractivity contribution in [2.24, 2.45) is 0 Å². The number of hydrogen-bond acceptors (Lipinski definition) is 10. The molecule has 0 aliphatic rings. The second kappa shape index (κ2) is 56.6. The fraction of sp³-hybridized carbons (Fsp3) is 0.578. The lowest BCUT2D eigenvalue weighted by molar-refractivity contribution is -0.161. The predicted octanol–water partition coefficient (Wildman–Crippen LogP) is 17.1. The second-order valence-corrected chi connectivity index (χ2v) is 19.8. The third-order valence-electron chi connectivity index (χ3n) is 11.2. The van der Waals surface area contributed by atoms with Crippen LogP contribution in [0, 0.1) is 0 Å². The number of rotatable bonds is 51. The van der Waals surface area contributed by atoms with Gasteiger partial charge in [0.15, 0.2) is 6.10 Å².